The summed E-state index contributed by atoms with van der Waals surface area (Å²) in [5.41, 5.74) is 4.69. The number of hydrogen-bond acceptors (Lipinski definition) is 5. The van der Waals surface area contributed by atoms with Gasteiger partial charge in [-0.2, -0.15) is 10.5 Å². The maximum Gasteiger partial charge on any atom is 0.102 e. The van der Waals surface area contributed by atoms with Gasteiger partial charge in [-0.25, -0.2) is 4.98 Å². The van der Waals surface area contributed by atoms with Gasteiger partial charge in [-0.05, 0) is 29.8 Å². The van der Waals surface area contributed by atoms with Gasteiger partial charge in [0.1, 0.15) is 12.1 Å². The van der Waals surface area contributed by atoms with Crippen molar-refractivity contribution >= 4 is 0 Å². The van der Waals surface area contributed by atoms with Crippen molar-refractivity contribution in [3.63, 3.8) is 0 Å². The van der Waals surface area contributed by atoms with E-state index < -0.39 is 0 Å². The van der Waals surface area contributed by atoms with Crippen LogP contribution in [-0.2, 0) is 0 Å². The standard InChI is InChI=1S/C23H13N5/c24-14-19-21(16-4-2-1-3-5-16)20(15-25)23(18-8-12-27-13-9-18)28-22(19)17-6-10-26-11-7-17/h1-13H. The molecule has 0 fully saturated rings. The lowest BCUT2D eigenvalue weighted by atomic mass is 9.90. The van der Waals surface area contributed by atoms with Crippen molar-refractivity contribution in [2.24, 2.45) is 0 Å². The zero-order chi connectivity index (χ0) is 19.3. The van der Waals surface area contributed by atoms with Crippen LogP contribution in [0.4, 0.5) is 0 Å². The molecule has 0 amide bonds. The molecule has 4 aromatic rings. The van der Waals surface area contributed by atoms with Crippen LogP contribution in [-0.4, -0.2) is 15.0 Å². The highest BCUT2D eigenvalue weighted by atomic mass is 14.7. The molecule has 28 heavy (non-hydrogen) atoms. The van der Waals surface area contributed by atoms with Crippen LogP contribution in [0.2, 0.25) is 0 Å². The van der Waals surface area contributed by atoms with Crippen LogP contribution in [0.15, 0.2) is 79.4 Å². The molecule has 0 atom stereocenters. The predicted molar refractivity (Wildman–Crippen MR) is 106 cm³/mol. The van der Waals surface area contributed by atoms with E-state index in [1.807, 2.05) is 30.3 Å². The zero-order valence-corrected chi connectivity index (χ0v) is 14.7. The van der Waals surface area contributed by atoms with Gasteiger partial charge in [-0.15, -0.1) is 0 Å². The lowest BCUT2D eigenvalue weighted by Crippen LogP contribution is -2.02. The maximum absolute atomic E-state index is 9.98. The summed E-state index contributed by atoms with van der Waals surface area (Å²) >= 11 is 0. The number of aromatic nitrogens is 3. The fourth-order valence-corrected chi connectivity index (χ4v) is 3.13. The van der Waals surface area contributed by atoms with Gasteiger partial charge in [0, 0.05) is 41.5 Å². The van der Waals surface area contributed by atoms with Gasteiger partial charge < -0.3 is 0 Å². The van der Waals surface area contributed by atoms with Gasteiger partial charge in [0.05, 0.1) is 22.5 Å². The molecule has 5 heteroatoms. The third-order valence-electron chi connectivity index (χ3n) is 4.39. The van der Waals surface area contributed by atoms with E-state index in [4.69, 9.17) is 4.98 Å². The molecular weight excluding hydrogens is 346 g/mol. The smallest absolute Gasteiger partial charge is 0.102 e. The Labute approximate surface area is 162 Å². The highest BCUT2D eigenvalue weighted by Crippen LogP contribution is 2.38. The minimum atomic E-state index is 0.367. The van der Waals surface area contributed by atoms with Crippen molar-refractivity contribution in [3.05, 3.63) is 90.5 Å². The van der Waals surface area contributed by atoms with Gasteiger partial charge in [0.15, 0.2) is 0 Å². The average Bonchev–Trinajstić information content (AvgIpc) is 2.79. The monoisotopic (exact) mass is 359 g/mol. The highest BCUT2D eigenvalue weighted by Gasteiger charge is 2.22. The van der Waals surface area contributed by atoms with E-state index in [0.29, 0.717) is 28.1 Å². The van der Waals surface area contributed by atoms with Crippen LogP contribution < -0.4 is 0 Å². The summed E-state index contributed by atoms with van der Waals surface area (Å²) in [5.74, 6) is 0. The molecule has 0 bridgehead atoms. The topological polar surface area (TPSA) is 86.2 Å². The summed E-state index contributed by atoms with van der Waals surface area (Å²) in [5, 5.41) is 20.0. The second kappa shape index (κ2) is 7.49. The molecule has 0 radical (unpaired) electrons. The summed E-state index contributed by atoms with van der Waals surface area (Å²) in [6, 6.07) is 21.2. The van der Waals surface area contributed by atoms with Crippen LogP contribution in [0.3, 0.4) is 0 Å². The average molecular weight is 359 g/mol. The summed E-state index contributed by atoms with van der Waals surface area (Å²) in [6.45, 7) is 0. The molecule has 0 unspecified atom stereocenters. The number of hydrogen-bond donors (Lipinski definition) is 0. The summed E-state index contributed by atoms with van der Waals surface area (Å²) in [4.78, 5) is 12.8. The lowest BCUT2D eigenvalue weighted by molar-refractivity contribution is 1.25. The Morgan fingerprint density at radius 2 is 1.04 bits per heavy atom. The van der Waals surface area contributed by atoms with Crippen molar-refractivity contribution < 1.29 is 0 Å². The van der Waals surface area contributed by atoms with Gasteiger partial charge in [-0.1, -0.05) is 30.3 Å². The Morgan fingerprint density at radius 1 is 0.571 bits per heavy atom. The van der Waals surface area contributed by atoms with Crippen molar-refractivity contribution in [1.82, 2.24) is 15.0 Å². The van der Waals surface area contributed by atoms with E-state index in [0.717, 1.165) is 16.7 Å². The number of nitriles is 2. The Bertz CT molecular complexity index is 1130. The van der Waals surface area contributed by atoms with Crippen LogP contribution in [0.5, 0.6) is 0 Å². The molecule has 130 valence electrons. The van der Waals surface area contributed by atoms with Crippen LogP contribution in [0, 0.1) is 22.7 Å². The van der Waals surface area contributed by atoms with Crippen LogP contribution in [0.1, 0.15) is 11.1 Å². The van der Waals surface area contributed by atoms with Crippen molar-refractivity contribution in [2.45, 2.75) is 0 Å². The van der Waals surface area contributed by atoms with E-state index in [-0.39, 0.29) is 0 Å². The van der Waals surface area contributed by atoms with Crippen molar-refractivity contribution in [3.8, 4) is 45.8 Å². The second-order valence-corrected chi connectivity index (χ2v) is 6.00. The Hall–Kier alpha value is -4.35. The molecule has 0 aliphatic heterocycles. The molecule has 0 N–H and O–H groups in total. The third kappa shape index (κ3) is 2.98. The van der Waals surface area contributed by atoms with E-state index in [1.165, 1.54) is 0 Å². The van der Waals surface area contributed by atoms with E-state index in [2.05, 4.69) is 22.1 Å². The third-order valence-corrected chi connectivity index (χ3v) is 4.39. The summed E-state index contributed by atoms with van der Waals surface area (Å²) < 4.78 is 0. The molecule has 0 saturated heterocycles. The number of nitrogens with zero attached hydrogens (tertiary/aromatic N) is 5. The SMILES string of the molecule is N#Cc1c(-c2ccncc2)nc(-c2ccncc2)c(C#N)c1-c1ccccc1. The second-order valence-electron chi connectivity index (χ2n) is 6.00. The van der Waals surface area contributed by atoms with Gasteiger partial charge in [0.25, 0.3) is 0 Å². The molecule has 0 aliphatic carbocycles. The number of rotatable bonds is 3. The van der Waals surface area contributed by atoms with Gasteiger partial charge in [-0.3, -0.25) is 9.97 Å². The summed E-state index contributed by atoms with van der Waals surface area (Å²) in [7, 11) is 0. The molecule has 1 aromatic carbocycles. The highest BCUT2D eigenvalue weighted by molar-refractivity contribution is 5.89. The minimum Gasteiger partial charge on any atom is -0.265 e. The lowest BCUT2D eigenvalue weighted by Gasteiger charge is -2.15. The van der Waals surface area contributed by atoms with Crippen LogP contribution >= 0.6 is 0 Å². The molecule has 0 saturated carbocycles. The maximum atomic E-state index is 9.98. The number of benzene rings is 1. The first kappa shape index (κ1) is 17.1. The Balaban J connectivity index is 2.15. The first-order valence-corrected chi connectivity index (χ1v) is 8.58. The Morgan fingerprint density at radius 3 is 1.46 bits per heavy atom. The van der Waals surface area contributed by atoms with E-state index in [1.54, 1.807) is 49.1 Å². The molecule has 4 rings (SSSR count). The molecular formula is C23H13N5. The molecule has 0 spiro atoms. The molecule has 5 nitrogen and oxygen atoms in total. The molecule has 3 heterocycles. The largest absolute Gasteiger partial charge is 0.265 e. The fraction of sp³-hybridized carbons (Fsp3) is 0. The number of pyridine rings is 3. The first-order chi connectivity index (χ1) is 13.8. The van der Waals surface area contributed by atoms with Gasteiger partial charge >= 0.3 is 0 Å². The first-order valence-electron chi connectivity index (χ1n) is 8.58. The summed E-state index contributed by atoms with van der Waals surface area (Å²) in [6.07, 6.45) is 6.63. The van der Waals surface area contributed by atoms with E-state index in [9.17, 15) is 10.5 Å². The van der Waals surface area contributed by atoms with Crippen molar-refractivity contribution in [2.75, 3.05) is 0 Å². The predicted octanol–water partition coefficient (Wildman–Crippen LogP) is 4.62. The van der Waals surface area contributed by atoms with E-state index >= 15 is 0 Å². The quantitative estimate of drug-likeness (QED) is 0.533. The van der Waals surface area contributed by atoms with Gasteiger partial charge in [0.2, 0.25) is 0 Å². The molecule has 0 aliphatic rings. The minimum absolute atomic E-state index is 0.367. The Kier molecular flexibility index (Phi) is 4.57. The van der Waals surface area contributed by atoms with Crippen molar-refractivity contribution in [1.29, 1.82) is 10.5 Å². The normalized spacial score (nSPS) is 10.1. The zero-order valence-electron chi connectivity index (χ0n) is 14.7. The molecule has 3 aromatic heterocycles. The fourth-order valence-electron chi connectivity index (χ4n) is 3.13. The van der Waals surface area contributed by atoms with Crippen LogP contribution in [0.25, 0.3) is 33.6 Å².